The molecule has 3 rings (SSSR count). The van der Waals surface area contributed by atoms with Gasteiger partial charge in [-0.1, -0.05) is 0 Å². The zero-order valence-electron chi connectivity index (χ0n) is 13.0. The van der Waals surface area contributed by atoms with E-state index in [4.69, 9.17) is 0 Å². The number of aryl methyl sites for hydroxylation is 1. The van der Waals surface area contributed by atoms with E-state index in [-0.39, 0.29) is 23.6 Å². The highest BCUT2D eigenvalue weighted by molar-refractivity contribution is 8.18. The Morgan fingerprint density at radius 1 is 1.30 bits per heavy atom. The van der Waals surface area contributed by atoms with Crippen LogP contribution in [0.5, 0.6) is 0 Å². The second-order valence-electron chi connectivity index (χ2n) is 5.57. The zero-order chi connectivity index (χ0) is 16.4. The van der Waals surface area contributed by atoms with Gasteiger partial charge in [0.1, 0.15) is 6.54 Å². The third kappa shape index (κ3) is 3.19. The summed E-state index contributed by atoms with van der Waals surface area (Å²) in [5.74, 6) is -0.528. The average molecular weight is 333 g/mol. The molecular formula is C16H19N3O3S. The number of carbonyl (C=O) groups excluding carboxylic acids is 3. The van der Waals surface area contributed by atoms with Crippen molar-refractivity contribution >= 4 is 34.9 Å². The summed E-state index contributed by atoms with van der Waals surface area (Å²) in [6.07, 6.45) is 5.62. The van der Waals surface area contributed by atoms with Gasteiger partial charge in [-0.05, 0) is 49.7 Å². The van der Waals surface area contributed by atoms with Crippen LogP contribution in [0.25, 0.3) is 6.08 Å². The summed E-state index contributed by atoms with van der Waals surface area (Å²) in [4.78, 5) is 39.8. The molecule has 2 aliphatic heterocycles. The minimum absolute atomic E-state index is 0.150. The molecule has 0 N–H and O–H groups in total. The van der Waals surface area contributed by atoms with Crippen LogP contribution >= 0.6 is 11.8 Å². The van der Waals surface area contributed by atoms with Gasteiger partial charge in [-0.2, -0.15) is 0 Å². The summed E-state index contributed by atoms with van der Waals surface area (Å²) >= 11 is 0.898. The molecule has 0 aliphatic carbocycles. The summed E-state index contributed by atoms with van der Waals surface area (Å²) in [5, 5.41) is -0.372. The van der Waals surface area contributed by atoms with Crippen molar-refractivity contribution in [3.63, 3.8) is 0 Å². The van der Waals surface area contributed by atoms with E-state index in [2.05, 4.69) is 0 Å². The van der Waals surface area contributed by atoms with Crippen LogP contribution in [0.3, 0.4) is 0 Å². The summed E-state index contributed by atoms with van der Waals surface area (Å²) in [7, 11) is 0. The molecule has 23 heavy (non-hydrogen) atoms. The van der Waals surface area contributed by atoms with Crippen LogP contribution in [-0.4, -0.2) is 51.1 Å². The second-order valence-corrected chi connectivity index (χ2v) is 6.57. The topological polar surface area (TPSA) is 62.6 Å². The lowest BCUT2D eigenvalue weighted by atomic mass is 10.3. The number of hydrogen-bond donors (Lipinski definition) is 0. The molecule has 0 spiro atoms. The van der Waals surface area contributed by atoms with Gasteiger partial charge < -0.3 is 9.47 Å². The van der Waals surface area contributed by atoms with Crippen molar-refractivity contribution in [2.24, 2.45) is 0 Å². The van der Waals surface area contributed by atoms with Crippen molar-refractivity contribution in [2.45, 2.75) is 26.3 Å². The van der Waals surface area contributed by atoms with Crippen molar-refractivity contribution in [1.29, 1.82) is 0 Å². The summed E-state index contributed by atoms with van der Waals surface area (Å²) in [6, 6.07) is 3.79. The first-order valence-electron chi connectivity index (χ1n) is 7.78. The van der Waals surface area contributed by atoms with Gasteiger partial charge in [0.05, 0.1) is 4.91 Å². The Kier molecular flexibility index (Phi) is 4.56. The molecule has 0 aromatic carbocycles. The largest absolute Gasteiger partial charge is 0.348 e. The third-order valence-corrected chi connectivity index (χ3v) is 5.02. The van der Waals surface area contributed by atoms with E-state index in [1.165, 1.54) is 0 Å². The van der Waals surface area contributed by atoms with E-state index in [0.29, 0.717) is 4.91 Å². The Balaban J connectivity index is 1.73. The Hall–Kier alpha value is -2.02. The number of rotatable bonds is 4. The highest BCUT2D eigenvalue weighted by Crippen LogP contribution is 2.32. The minimum atomic E-state index is -0.378. The molecule has 0 atom stereocenters. The molecule has 0 radical (unpaired) electrons. The quantitative estimate of drug-likeness (QED) is 0.792. The van der Waals surface area contributed by atoms with Crippen molar-refractivity contribution in [1.82, 2.24) is 14.4 Å². The van der Waals surface area contributed by atoms with Crippen LogP contribution in [0.15, 0.2) is 23.2 Å². The van der Waals surface area contributed by atoms with Crippen LogP contribution in [0.1, 0.15) is 25.5 Å². The van der Waals surface area contributed by atoms with Gasteiger partial charge in [-0.15, -0.1) is 0 Å². The molecule has 2 saturated heterocycles. The SMILES string of the molecule is CCn1cccc1/C=C1/SC(=O)N(CC(=O)N2CCCC2)C1=O. The van der Waals surface area contributed by atoms with E-state index in [1.54, 1.807) is 11.0 Å². The smallest absolute Gasteiger partial charge is 0.294 e. The first kappa shape index (κ1) is 15.9. The fourth-order valence-corrected chi connectivity index (χ4v) is 3.64. The monoisotopic (exact) mass is 333 g/mol. The van der Waals surface area contributed by atoms with E-state index >= 15 is 0 Å². The van der Waals surface area contributed by atoms with E-state index in [9.17, 15) is 14.4 Å². The molecule has 3 heterocycles. The highest BCUT2D eigenvalue weighted by Gasteiger charge is 2.37. The maximum Gasteiger partial charge on any atom is 0.294 e. The summed E-state index contributed by atoms with van der Waals surface area (Å²) < 4.78 is 1.99. The number of imide groups is 1. The van der Waals surface area contributed by atoms with Crippen LogP contribution in [0.2, 0.25) is 0 Å². The number of amides is 3. The first-order valence-corrected chi connectivity index (χ1v) is 8.60. The molecule has 122 valence electrons. The van der Waals surface area contributed by atoms with E-state index < -0.39 is 0 Å². The third-order valence-electron chi connectivity index (χ3n) is 4.11. The predicted molar refractivity (Wildman–Crippen MR) is 88.6 cm³/mol. The van der Waals surface area contributed by atoms with E-state index in [0.717, 1.165) is 54.8 Å². The zero-order valence-corrected chi connectivity index (χ0v) is 13.8. The van der Waals surface area contributed by atoms with Crippen LogP contribution in [-0.2, 0) is 16.1 Å². The van der Waals surface area contributed by atoms with Gasteiger partial charge in [0.25, 0.3) is 11.1 Å². The fourth-order valence-electron chi connectivity index (χ4n) is 2.82. The highest BCUT2D eigenvalue weighted by atomic mass is 32.2. The van der Waals surface area contributed by atoms with E-state index in [1.807, 2.05) is 29.8 Å². The molecule has 3 amide bonds. The van der Waals surface area contributed by atoms with Gasteiger partial charge in [0.2, 0.25) is 5.91 Å². The van der Waals surface area contributed by atoms with Crippen molar-refractivity contribution in [3.05, 3.63) is 28.9 Å². The maximum atomic E-state index is 12.4. The lowest BCUT2D eigenvalue weighted by molar-refractivity contribution is -0.135. The number of thioether (sulfide) groups is 1. The number of carbonyl (C=O) groups is 3. The number of aromatic nitrogens is 1. The number of hydrogen-bond acceptors (Lipinski definition) is 4. The molecule has 2 fully saturated rings. The standard InChI is InChI=1S/C16H19N3O3S/c1-2-17-9-5-6-12(17)10-13-15(21)19(16(22)23-13)11-14(20)18-7-3-4-8-18/h5-6,9-10H,2-4,7-8,11H2,1H3/b13-10+. The molecule has 1 aromatic heterocycles. The molecule has 0 unspecified atom stereocenters. The van der Waals surface area contributed by atoms with Gasteiger partial charge in [-0.3, -0.25) is 19.3 Å². The molecule has 2 aliphatic rings. The summed E-state index contributed by atoms with van der Waals surface area (Å²) in [5.41, 5.74) is 0.879. The maximum absolute atomic E-state index is 12.4. The average Bonchev–Trinajstić information content (AvgIpc) is 3.25. The number of nitrogens with zero attached hydrogens (tertiary/aromatic N) is 3. The van der Waals surface area contributed by atoms with Gasteiger partial charge in [-0.25, -0.2) is 0 Å². The number of likely N-dealkylation sites (tertiary alicyclic amines) is 1. The van der Waals surface area contributed by atoms with Crippen molar-refractivity contribution < 1.29 is 14.4 Å². The molecular weight excluding hydrogens is 314 g/mol. The molecule has 0 bridgehead atoms. The Labute approximate surface area is 139 Å². The van der Waals surface area contributed by atoms with Crippen molar-refractivity contribution in [2.75, 3.05) is 19.6 Å². The van der Waals surface area contributed by atoms with Crippen LogP contribution in [0, 0.1) is 0 Å². The van der Waals surface area contributed by atoms with Gasteiger partial charge >= 0.3 is 0 Å². The van der Waals surface area contributed by atoms with Crippen LogP contribution in [0.4, 0.5) is 4.79 Å². The Morgan fingerprint density at radius 3 is 2.74 bits per heavy atom. The fraction of sp³-hybridized carbons (Fsp3) is 0.438. The lowest BCUT2D eigenvalue weighted by Gasteiger charge is -2.18. The van der Waals surface area contributed by atoms with Gasteiger partial charge in [0.15, 0.2) is 0 Å². The lowest BCUT2D eigenvalue weighted by Crippen LogP contribution is -2.40. The molecule has 6 nitrogen and oxygen atoms in total. The Morgan fingerprint density at radius 2 is 2.04 bits per heavy atom. The molecule has 1 aromatic rings. The van der Waals surface area contributed by atoms with Crippen LogP contribution < -0.4 is 0 Å². The summed E-state index contributed by atoms with van der Waals surface area (Å²) in [6.45, 7) is 4.08. The predicted octanol–water partition coefficient (Wildman–Crippen LogP) is 2.17. The minimum Gasteiger partial charge on any atom is -0.348 e. The van der Waals surface area contributed by atoms with Gasteiger partial charge in [0, 0.05) is 31.5 Å². The second kappa shape index (κ2) is 6.62. The first-order chi connectivity index (χ1) is 11.1. The molecule has 7 heteroatoms. The Bertz CT molecular complexity index is 674. The van der Waals surface area contributed by atoms with Crippen molar-refractivity contribution in [3.8, 4) is 0 Å². The molecule has 0 saturated carbocycles. The normalized spacial score (nSPS) is 20.1.